The predicted octanol–water partition coefficient (Wildman–Crippen LogP) is 1.85. The highest BCUT2D eigenvalue weighted by Gasteiger charge is 2.41. The monoisotopic (exact) mass is 345 g/mol. The quantitative estimate of drug-likeness (QED) is 0.617. The second-order valence-electron chi connectivity index (χ2n) is 6.03. The van der Waals surface area contributed by atoms with Crippen LogP contribution < -0.4 is 0 Å². The zero-order valence-corrected chi connectivity index (χ0v) is 14.4. The molecule has 5 nitrogen and oxygen atoms in total. The molecular weight excluding hydrogens is 326 g/mol. The molecule has 6 heteroatoms. The molecule has 2 aliphatic heterocycles. The van der Waals surface area contributed by atoms with Gasteiger partial charge >= 0.3 is 0 Å². The molecule has 0 N–H and O–H groups in total. The van der Waals surface area contributed by atoms with Crippen molar-refractivity contribution < 1.29 is 9.59 Å². The topological polar surface area (TPSA) is 43.9 Å². The first kappa shape index (κ1) is 16.7. The van der Waals surface area contributed by atoms with Crippen LogP contribution in [0.4, 0.5) is 0 Å². The molecule has 1 saturated heterocycles. The van der Waals surface area contributed by atoms with Crippen LogP contribution in [0.3, 0.4) is 0 Å². The van der Waals surface area contributed by atoms with Crippen molar-refractivity contribution in [3.05, 3.63) is 53.2 Å². The zero-order valence-electron chi connectivity index (χ0n) is 13.7. The number of carbonyl (C=O) groups is 2. The van der Waals surface area contributed by atoms with Gasteiger partial charge in [-0.2, -0.15) is 0 Å². The number of hydrogen-bond acceptors (Lipinski definition) is 4. The average molecular weight is 346 g/mol. The first-order valence-corrected chi connectivity index (χ1v) is 8.31. The van der Waals surface area contributed by atoms with Gasteiger partial charge < -0.3 is 9.80 Å². The van der Waals surface area contributed by atoms with Gasteiger partial charge in [0.15, 0.2) is 0 Å². The molecule has 0 spiro atoms. The summed E-state index contributed by atoms with van der Waals surface area (Å²) in [6.07, 6.45) is 1.57. The van der Waals surface area contributed by atoms with Gasteiger partial charge in [0.2, 0.25) is 0 Å². The largest absolute Gasteiger partial charge is 0.364 e. The molecule has 0 unspecified atom stereocenters. The Morgan fingerprint density at radius 2 is 1.71 bits per heavy atom. The molecule has 1 aromatic rings. The smallest absolute Gasteiger partial charge is 0.278 e. The molecule has 0 aliphatic carbocycles. The molecule has 3 rings (SSSR count). The van der Waals surface area contributed by atoms with Crippen LogP contribution >= 0.6 is 11.6 Å². The minimum Gasteiger partial charge on any atom is -0.364 e. The maximum absolute atomic E-state index is 12.9. The molecule has 1 aromatic carbocycles. The lowest BCUT2D eigenvalue weighted by molar-refractivity contribution is -0.137. The summed E-state index contributed by atoms with van der Waals surface area (Å²) in [5.74, 6) is -0.509. The number of likely N-dealkylation sites (N-methyl/N-ethyl adjacent to an activating group) is 1. The Balaban J connectivity index is 2.05. The minimum absolute atomic E-state index is 0.214. The van der Waals surface area contributed by atoms with Crippen molar-refractivity contribution in [2.75, 3.05) is 39.8 Å². The molecular formula is C18H20ClN3O2. The van der Waals surface area contributed by atoms with Gasteiger partial charge in [0.05, 0.1) is 5.57 Å². The van der Waals surface area contributed by atoms with Gasteiger partial charge in [-0.1, -0.05) is 29.8 Å². The van der Waals surface area contributed by atoms with E-state index in [1.54, 1.807) is 30.3 Å². The van der Waals surface area contributed by atoms with Gasteiger partial charge in [0.25, 0.3) is 11.8 Å². The second-order valence-corrected chi connectivity index (χ2v) is 6.47. The lowest BCUT2D eigenvalue weighted by atomic mass is 10.0. The van der Waals surface area contributed by atoms with Gasteiger partial charge in [-0.15, -0.1) is 6.58 Å². The van der Waals surface area contributed by atoms with E-state index in [1.165, 1.54) is 4.90 Å². The third-order valence-corrected chi connectivity index (χ3v) is 4.66. The number of rotatable bonds is 4. The van der Waals surface area contributed by atoms with E-state index < -0.39 is 0 Å². The summed E-state index contributed by atoms with van der Waals surface area (Å²) in [5, 5.41) is 0.597. The Labute approximate surface area is 146 Å². The lowest BCUT2D eigenvalue weighted by Crippen LogP contribution is -2.46. The molecule has 1 fully saturated rings. The van der Waals surface area contributed by atoms with Crippen molar-refractivity contribution in [2.24, 2.45) is 0 Å². The maximum atomic E-state index is 12.9. The van der Waals surface area contributed by atoms with Crippen molar-refractivity contribution in [1.29, 1.82) is 0 Å². The molecule has 24 heavy (non-hydrogen) atoms. The number of hydrogen-bond donors (Lipinski definition) is 0. The van der Waals surface area contributed by atoms with E-state index in [4.69, 9.17) is 11.6 Å². The summed E-state index contributed by atoms with van der Waals surface area (Å²) >= 11 is 5.96. The van der Waals surface area contributed by atoms with Gasteiger partial charge in [-0.25, -0.2) is 0 Å². The summed E-state index contributed by atoms with van der Waals surface area (Å²) in [6, 6.07) is 7.05. The van der Waals surface area contributed by atoms with Crippen LogP contribution in [0, 0.1) is 0 Å². The lowest BCUT2D eigenvalue weighted by Gasteiger charge is -2.34. The van der Waals surface area contributed by atoms with Crippen molar-refractivity contribution in [3.8, 4) is 0 Å². The third kappa shape index (κ3) is 2.97. The predicted molar refractivity (Wildman–Crippen MR) is 94.4 cm³/mol. The highest BCUT2D eigenvalue weighted by atomic mass is 35.5. The summed E-state index contributed by atoms with van der Waals surface area (Å²) in [5.41, 5.74) is 1.68. The Hall–Kier alpha value is -2.11. The van der Waals surface area contributed by atoms with Crippen LogP contribution in [0.5, 0.6) is 0 Å². The summed E-state index contributed by atoms with van der Waals surface area (Å²) in [4.78, 5) is 31.2. The molecule has 2 aliphatic rings. The van der Waals surface area contributed by atoms with E-state index in [9.17, 15) is 9.59 Å². The van der Waals surface area contributed by atoms with Crippen LogP contribution in [0.2, 0.25) is 5.02 Å². The molecule has 2 heterocycles. The normalized spacial score (nSPS) is 19.4. The van der Waals surface area contributed by atoms with E-state index >= 15 is 0 Å². The average Bonchev–Trinajstić information content (AvgIpc) is 2.82. The Morgan fingerprint density at radius 3 is 2.29 bits per heavy atom. The molecule has 0 aromatic heterocycles. The third-order valence-electron chi connectivity index (χ3n) is 4.41. The van der Waals surface area contributed by atoms with Crippen molar-refractivity contribution in [3.63, 3.8) is 0 Å². The van der Waals surface area contributed by atoms with Crippen LogP contribution in [0.25, 0.3) is 5.57 Å². The molecule has 0 atom stereocenters. The first-order valence-electron chi connectivity index (χ1n) is 7.93. The van der Waals surface area contributed by atoms with E-state index in [1.807, 2.05) is 4.90 Å². The molecule has 0 radical (unpaired) electrons. The van der Waals surface area contributed by atoms with Crippen LogP contribution in [0.1, 0.15) is 5.56 Å². The number of imide groups is 1. The minimum atomic E-state index is -0.267. The number of benzene rings is 1. The van der Waals surface area contributed by atoms with Gasteiger partial charge in [-0.05, 0) is 24.7 Å². The van der Waals surface area contributed by atoms with E-state index in [2.05, 4.69) is 18.5 Å². The highest BCUT2D eigenvalue weighted by Crippen LogP contribution is 2.32. The van der Waals surface area contributed by atoms with Crippen molar-refractivity contribution >= 4 is 29.0 Å². The second kappa shape index (κ2) is 6.79. The van der Waals surface area contributed by atoms with Crippen molar-refractivity contribution in [1.82, 2.24) is 14.7 Å². The highest BCUT2D eigenvalue weighted by molar-refractivity contribution is 6.36. The fourth-order valence-electron chi connectivity index (χ4n) is 3.06. The molecule has 0 saturated carbocycles. The summed E-state index contributed by atoms with van der Waals surface area (Å²) in [7, 11) is 2.05. The zero-order chi connectivity index (χ0) is 17.3. The fraction of sp³-hybridized carbons (Fsp3) is 0.333. The van der Waals surface area contributed by atoms with Gasteiger partial charge in [0, 0.05) is 37.7 Å². The Kier molecular flexibility index (Phi) is 4.73. The maximum Gasteiger partial charge on any atom is 0.278 e. The molecule has 0 bridgehead atoms. The standard InChI is InChI=1S/C18H20ClN3O2/c1-3-8-22-17(23)15(13-4-6-14(19)7-5-13)16(18(22)24)21-11-9-20(2)10-12-21/h3-7H,1,8-12H2,2H3. The van der Waals surface area contributed by atoms with E-state index in [0.717, 1.165) is 31.7 Å². The first-order chi connectivity index (χ1) is 11.5. The van der Waals surface area contributed by atoms with Crippen molar-refractivity contribution in [2.45, 2.75) is 0 Å². The fourth-order valence-corrected chi connectivity index (χ4v) is 3.18. The summed E-state index contributed by atoms with van der Waals surface area (Å²) in [6.45, 7) is 7.04. The number of nitrogens with zero attached hydrogens (tertiary/aromatic N) is 3. The molecule has 126 valence electrons. The number of carbonyl (C=O) groups excluding carboxylic acids is 2. The van der Waals surface area contributed by atoms with Crippen LogP contribution in [0.15, 0.2) is 42.6 Å². The number of halogens is 1. The van der Waals surface area contributed by atoms with Crippen LogP contribution in [-0.4, -0.2) is 66.3 Å². The number of amides is 2. The molecule has 2 amide bonds. The number of piperazine rings is 1. The van der Waals surface area contributed by atoms with Gasteiger partial charge in [-0.3, -0.25) is 14.5 Å². The van der Waals surface area contributed by atoms with Gasteiger partial charge in [0.1, 0.15) is 5.70 Å². The van der Waals surface area contributed by atoms with E-state index in [-0.39, 0.29) is 18.4 Å². The van der Waals surface area contributed by atoms with E-state index in [0.29, 0.717) is 16.3 Å². The summed E-state index contributed by atoms with van der Waals surface area (Å²) < 4.78 is 0. The Morgan fingerprint density at radius 1 is 1.08 bits per heavy atom. The van der Waals surface area contributed by atoms with Crippen LogP contribution in [-0.2, 0) is 9.59 Å². The Bertz CT molecular complexity index is 703. The SMILES string of the molecule is C=CCN1C(=O)C(c2ccc(Cl)cc2)=C(N2CCN(C)CC2)C1=O.